The first-order chi connectivity index (χ1) is 8.26. The Balaban J connectivity index is 2.56. The summed E-state index contributed by atoms with van der Waals surface area (Å²) in [5.74, 6) is -0.0493. The van der Waals surface area contributed by atoms with E-state index in [0.29, 0.717) is 11.7 Å². The average molecular weight is 266 g/mol. The molecule has 0 atom stereocenters. The van der Waals surface area contributed by atoms with Gasteiger partial charge in [-0.15, -0.1) is 11.8 Å². The lowest BCUT2D eigenvalue weighted by Crippen LogP contribution is -2.36. The van der Waals surface area contributed by atoms with Crippen molar-refractivity contribution in [1.82, 2.24) is 0 Å². The van der Waals surface area contributed by atoms with Gasteiger partial charge in [0.25, 0.3) is 0 Å². The third kappa shape index (κ3) is 6.07. The molecule has 0 fully saturated rings. The smallest absolute Gasteiger partial charge is 0.226 e. The van der Waals surface area contributed by atoms with Crippen molar-refractivity contribution < 1.29 is 4.79 Å². The van der Waals surface area contributed by atoms with Crippen LogP contribution in [0.1, 0.15) is 34.1 Å². The van der Waals surface area contributed by atoms with Gasteiger partial charge in [-0.2, -0.15) is 0 Å². The summed E-state index contributed by atoms with van der Waals surface area (Å²) < 4.78 is 0. The van der Waals surface area contributed by atoms with Gasteiger partial charge in [0.1, 0.15) is 0 Å². The average Bonchev–Trinajstić information content (AvgIpc) is 2.17. The minimum Gasteiger partial charge on any atom is -0.326 e. The van der Waals surface area contributed by atoms with Crippen LogP contribution in [0.2, 0.25) is 0 Å². The van der Waals surface area contributed by atoms with Crippen LogP contribution in [0.5, 0.6) is 0 Å². The van der Waals surface area contributed by atoms with E-state index < -0.39 is 5.54 Å². The Kier molecular flexibility index (Phi) is 5.23. The van der Waals surface area contributed by atoms with Gasteiger partial charge < -0.3 is 11.1 Å². The van der Waals surface area contributed by atoms with Crippen LogP contribution in [0.25, 0.3) is 0 Å². The summed E-state index contributed by atoms with van der Waals surface area (Å²) in [6, 6.07) is 7.89. The van der Waals surface area contributed by atoms with Crippen molar-refractivity contribution in [2.75, 3.05) is 5.32 Å². The van der Waals surface area contributed by atoms with E-state index in [2.05, 4.69) is 19.2 Å². The highest BCUT2D eigenvalue weighted by Gasteiger charge is 2.16. The molecule has 1 aromatic carbocycles. The van der Waals surface area contributed by atoms with Gasteiger partial charge in [-0.3, -0.25) is 4.79 Å². The number of hydrogen-bond donors (Lipinski definition) is 2. The molecule has 100 valence electrons. The van der Waals surface area contributed by atoms with Crippen LogP contribution >= 0.6 is 11.8 Å². The molecule has 18 heavy (non-hydrogen) atoms. The molecular formula is C14H22N2OS. The van der Waals surface area contributed by atoms with E-state index in [9.17, 15) is 4.79 Å². The summed E-state index contributed by atoms with van der Waals surface area (Å²) in [5.41, 5.74) is 6.15. The predicted molar refractivity (Wildman–Crippen MR) is 78.9 cm³/mol. The van der Waals surface area contributed by atoms with Gasteiger partial charge in [0, 0.05) is 27.8 Å². The summed E-state index contributed by atoms with van der Waals surface area (Å²) in [4.78, 5) is 12.9. The maximum absolute atomic E-state index is 11.7. The van der Waals surface area contributed by atoms with Gasteiger partial charge in [-0.1, -0.05) is 13.8 Å². The molecule has 0 saturated carbocycles. The van der Waals surface area contributed by atoms with E-state index in [0.717, 1.165) is 5.69 Å². The lowest BCUT2D eigenvalue weighted by atomic mass is 10.0. The monoisotopic (exact) mass is 266 g/mol. The van der Waals surface area contributed by atoms with Crippen LogP contribution in [0.3, 0.4) is 0 Å². The summed E-state index contributed by atoms with van der Waals surface area (Å²) in [6.07, 6.45) is 0.315. The summed E-state index contributed by atoms with van der Waals surface area (Å²) >= 11 is 1.80. The molecule has 0 unspecified atom stereocenters. The number of carbonyl (C=O) groups is 1. The van der Waals surface area contributed by atoms with Gasteiger partial charge in [-0.05, 0) is 38.1 Å². The largest absolute Gasteiger partial charge is 0.326 e. The molecule has 0 saturated heterocycles. The minimum atomic E-state index is -0.475. The Bertz CT molecular complexity index is 393. The van der Waals surface area contributed by atoms with E-state index >= 15 is 0 Å². The van der Waals surface area contributed by atoms with Crippen molar-refractivity contribution in [2.24, 2.45) is 5.73 Å². The van der Waals surface area contributed by atoms with Crippen LogP contribution in [0, 0.1) is 0 Å². The first-order valence-corrected chi connectivity index (χ1v) is 7.00. The van der Waals surface area contributed by atoms with E-state index in [1.165, 1.54) is 4.90 Å². The molecule has 1 aromatic rings. The quantitative estimate of drug-likeness (QED) is 0.804. The highest BCUT2D eigenvalue weighted by Crippen LogP contribution is 2.24. The van der Waals surface area contributed by atoms with Crippen LogP contribution in [0.15, 0.2) is 29.2 Å². The number of carbonyl (C=O) groups excluding carboxylic acids is 1. The second-order valence-electron chi connectivity index (χ2n) is 5.40. The standard InChI is InChI=1S/C14H22N2OS/c1-10(2)18-12-7-5-11(6-8-12)16-13(17)9-14(3,4)15/h5-8,10H,9,15H2,1-4H3,(H,16,17). The molecule has 3 nitrogen and oxygen atoms in total. The maximum Gasteiger partial charge on any atom is 0.226 e. The van der Waals surface area contributed by atoms with Gasteiger partial charge in [-0.25, -0.2) is 0 Å². The molecule has 0 radical (unpaired) electrons. The zero-order valence-corrected chi connectivity index (χ0v) is 12.3. The molecule has 0 aliphatic rings. The van der Waals surface area contributed by atoms with E-state index in [4.69, 9.17) is 5.73 Å². The lowest BCUT2D eigenvalue weighted by molar-refractivity contribution is -0.117. The first kappa shape index (κ1) is 15.1. The predicted octanol–water partition coefficient (Wildman–Crippen LogP) is 3.25. The van der Waals surface area contributed by atoms with Crippen molar-refractivity contribution in [1.29, 1.82) is 0 Å². The molecule has 4 heteroatoms. The molecule has 1 amide bonds. The van der Waals surface area contributed by atoms with Crippen molar-refractivity contribution in [3.63, 3.8) is 0 Å². The lowest BCUT2D eigenvalue weighted by Gasteiger charge is -2.17. The van der Waals surface area contributed by atoms with Gasteiger partial charge >= 0.3 is 0 Å². The Hall–Kier alpha value is -1.00. The molecule has 0 bridgehead atoms. The fourth-order valence-corrected chi connectivity index (χ4v) is 2.35. The molecule has 0 heterocycles. The van der Waals surface area contributed by atoms with E-state index in [1.54, 1.807) is 11.8 Å². The number of anilines is 1. The number of thioether (sulfide) groups is 1. The van der Waals surface area contributed by atoms with Crippen molar-refractivity contribution in [2.45, 2.75) is 49.8 Å². The molecule has 0 aromatic heterocycles. The van der Waals surface area contributed by atoms with Crippen LogP contribution in [0.4, 0.5) is 5.69 Å². The maximum atomic E-state index is 11.7. The number of rotatable bonds is 5. The number of nitrogens with two attached hydrogens (primary N) is 1. The molecule has 3 N–H and O–H groups in total. The van der Waals surface area contributed by atoms with Crippen LogP contribution in [-0.4, -0.2) is 16.7 Å². The molecule has 0 spiro atoms. The van der Waals surface area contributed by atoms with Gasteiger partial charge in [0.15, 0.2) is 0 Å². The van der Waals surface area contributed by atoms with Crippen molar-refractivity contribution in [3.8, 4) is 0 Å². The fourth-order valence-electron chi connectivity index (χ4n) is 1.51. The second kappa shape index (κ2) is 6.25. The Morgan fingerprint density at radius 1 is 1.33 bits per heavy atom. The second-order valence-corrected chi connectivity index (χ2v) is 7.05. The molecule has 0 aliphatic carbocycles. The zero-order chi connectivity index (χ0) is 13.8. The molecular weight excluding hydrogens is 244 g/mol. The minimum absolute atomic E-state index is 0.0493. The summed E-state index contributed by atoms with van der Waals surface area (Å²) in [5, 5.41) is 3.41. The number of nitrogens with one attached hydrogen (secondary N) is 1. The highest BCUT2D eigenvalue weighted by molar-refractivity contribution is 7.99. The third-order valence-corrected chi connectivity index (χ3v) is 3.14. The highest BCUT2D eigenvalue weighted by atomic mass is 32.2. The Morgan fingerprint density at radius 3 is 2.33 bits per heavy atom. The number of hydrogen-bond acceptors (Lipinski definition) is 3. The van der Waals surface area contributed by atoms with Crippen LogP contribution in [-0.2, 0) is 4.79 Å². The Labute approximate surface area is 114 Å². The third-order valence-electron chi connectivity index (χ3n) is 2.13. The number of benzene rings is 1. The van der Waals surface area contributed by atoms with E-state index in [-0.39, 0.29) is 5.91 Å². The zero-order valence-electron chi connectivity index (χ0n) is 11.5. The fraction of sp³-hybridized carbons (Fsp3) is 0.500. The van der Waals surface area contributed by atoms with Gasteiger partial charge in [0.05, 0.1) is 0 Å². The first-order valence-electron chi connectivity index (χ1n) is 6.12. The normalized spacial score (nSPS) is 11.7. The van der Waals surface area contributed by atoms with Crippen molar-refractivity contribution >= 4 is 23.4 Å². The van der Waals surface area contributed by atoms with Crippen molar-refractivity contribution in [3.05, 3.63) is 24.3 Å². The van der Waals surface area contributed by atoms with Gasteiger partial charge in [0.2, 0.25) is 5.91 Å². The SMILES string of the molecule is CC(C)Sc1ccc(NC(=O)CC(C)(C)N)cc1. The summed E-state index contributed by atoms with van der Waals surface area (Å²) in [6.45, 7) is 8.00. The summed E-state index contributed by atoms with van der Waals surface area (Å²) in [7, 11) is 0. The number of amides is 1. The van der Waals surface area contributed by atoms with Crippen LogP contribution < -0.4 is 11.1 Å². The molecule has 1 rings (SSSR count). The topological polar surface area (TPSA) is 55.1 Å². The van der Waals surface area contributed by atoms with E-state index in [1.807, 2.05) is 38.1 Å². The Morgan fingerprint density at radius 2 is 1.89 bits per heavy atom. The molecule has 0 aliphatic heterocycles.